The molecule has 0 spiro atoms. The number of aromatic nitrogens is 3. The topological polar surface area (TPSA) is 64.1 Å². The van der Waals surface area contributed by atoms with Gasteiger partial charge in [-0.1, -0.05) is 19.0 Å². The molecule has 2 aromatic rings. The largest absolute Gasteiger partial charge is 0.388 e. The highest BCUT2D eigenvalue weighted by Crippen LogP contribution is 2.38. The van der Waals surface area contributed by atoms with Gasteiger partial charge in [0.2, 0.25) is 5.89 Å². The lowest BCUT2D eigenvalue weighted by Gasteiger charge is -2.12. The van der Waals surface area contributed by atoms with E-state index in [9.17, 15) is 5.11 Å². The summed E-state index contributed by atoms with van der Waals surface area (Å²) in [6.07, 6.45) is 5.79. The minimum atomic E-state index is -0.425. The van der Waals surface area contributed by atoms with Crippen molar-refractivity contribution in [2.45, 2.75) is 45.3 Å². The molecular formula is C14H19N3O2. The first-order valence-electron chi connectivity index (χ1n) is 6.79. The van der Waals surface area contributed by atoms with Crippen molar-refractivity contribution >= 4 is 0 Å². The van der Waals surface area contributed by atoms with Gasteiger partial charge >= 0.3 is 0 Å². The van der Waals surface area contributed by atoms with Gasteiger partial charge in [0.05, 0.1) is 6.10 Å². The summed E-state index contributed by atoms with van der Waals surface area (Å²) in [6, 6.07) is 1.93. The molecule has 5 heteroatoms. The first-order valence-corrected chi connectivity index (χ1v) is 6.79. The van der Waals surface area contributed by atoms with Crippen LogP contribution in [0.5, 0.6) is 0 Å². The van der Waals surface area contributed by atoms with Crippen LogP contribution in [0, 0.1) is 5.92 Å². The van der Waals surface area contributed by atoms with Crippen molar-refractivity contribution in [3.05, 3.63) is 35.7 Å². The first-order chi connectivity index (χ1) is 9.13. The molecule has 1 atom stereocenters. The van der Waals surface area contributed by atoms with E-state index in [1.807, 2.05) is 36.9 Å². The number of hydrogen-bond donors (Lipinski definition) is 1. The summed E-state index contributed by atoms with van der Waals surface area (Å²) >= 11 is 0. The standard InChI is InChI=1S/C14H19N3O2/c1-9(2)13(18)11-5-6-17(7-11)8-12-15-14(16-19-12)10-3-4-10/h5-7,9-10,13,18H,3-4,8H2,1-2H3. The maximum Gasteiger partial charge on any atom is 0.246 e. The van der Waals surface area contributed by atoms with Crippen molar-refractivity contribution in [2.75, 3.05) is 0 Å². The van der Waals surface area contributed by atoms with E-state index in [0.717, 1.165) is 11.4 Å². The average Bonchev–Trinajstić information content (AvgIpc) is 2.96. The normalized spacial score (nSPS) is 17.1. The minimum Gasteiger partial charge on any atom is -0.388 e. The van der Waals surface area contributed by atoms with E-state index in [0.29, 0.717) is 18.4 Å². The molecule has 3 rings (SSSR count). The molecule has 0 aliphatic heterocycles. The van der Waals surface area contributed by atoms with Crippen LogP contribution in [0.1, 0.15) is 56.0 Å². The molecular weight excluding hydrogens is 242 g/mol. The summed E-state index contributed by atoms with van der Waals surface area (Å²) in [5.74, 6) is 2.19. The van der Waals surface area contributed by atoms with Crippen molar-refractivity contribution in [3.63, 3.8) is 0 Å². The van der Waals surface area contributed by atoms with Gasteiger partial charge in [0.15, 0.2) is 5.82 Å². The van der Waals surface area contributed by atoms with Crippen molar-refractivity contribution in [3.8, 4) is 0 Å². The molecule has 1 aliphatic carbocycles. The summed E-state index contributed by atoms with van der Waals surface area (Å²) in [7, 11) is 0. The summed E-state index contributed by atoms with van der Waals surface area (Å²) in [5, 5.41) is 14.0. The van der Waals surface area contributed by atoms with Crippen LogP contribution < -0.4 is 0 Å². The second-order valence-electron chi connectivity index (χ2n) is 5.63. The van der Waals surface area contributed by atoms with Gasteiger partial charge in [0, 0.05) is 18.3 Å². The molecule has 19 heavy (non-hydrogen) atoms. The predicted molar refractivity (Wildman–Crippen MR) is 69.6 cm³/mol. The van der Waals surface area contributed by atoms with E-state index in [1.165, 1.54) is 12.8 Å². The van der Waals surface area contributed by atoms with Gasteiger partial charge in [-0.2, -0.15) is 4.98 Å². The molecule has 0 bridgehead atoms. The Balaban J connectivity index is 1.68. The fourth-order valence-corrected chi connectivity index (χ4v) is 2.11. The van der Waals surface area contributed by atoms with Gasteiger partial charge in [-0.3, -0.25) is 0 Å². The van der Waals surface area contributed by atoms with Crippen molar-refractivity contribution in [2.24, 2.45) is 5.92 Å². The smallest absolute Gasteiger partial charge is 0.246 e. The molecule has 5 nitrogen and oxygen atoms in total. The quantitative estimate of drug-likeness (QED) is 0.898. The van der Waals surface area contributed by atoms with Crippen LogP contribution in [-0.2, 0) is 6.54 Å². The Bertz CT molecular complexity index is 555. The molecule has 1 N–H and O–H groups in total. The zero-order chi connectivity index (χ0) is 13.4. The van der Waals surface area contributed by atoms with E-state index in [-0.39, 0.29) is 5.92 Å². The maximum atomic E-state index is 10.00. The van der Waals surface area contributed by atoms with Crippen LogP contribution in [0.25, 0.3) is 0 Å². The van der Waals surface area contributed by atoms with Crippen molar-refractivity contribution in [1.29, 1.82) is 0 Å². The fourth-order valence-electron chi connectivity index (χ4n) is 2.11. The van der Waals surface area contributed by atoms with Crippen LogP contribution in [0.4, 0.5) is 0 Å². The second kappa shape index (κ2) is 4.81. The Morgan fingerprint density at radius 1 is 1.47 bits per heavy atom. The molecule has 2 aromatic heterocycles. The van der Waals surface area contributed by atoms with Crippen LogP contribution >= 0.6 is 0 Å². The van der Waals surface area contributed by atoms with Crippen LogP contribution in [-0.4, -0.2) is 19.8 Å². The van der Waals surface area contributed by atoms with Crippen LogP contribution in [0.3, 0.4) is 0 Å². The monoisotopic (exact) mass is 261 g/mol. The average molecular weight is 261 g/mol. The number of hydrogen-bond acceptors (Lipinski definition) is 4. The van der Waals surface area contributed by atoms with E-state index in [4.69, 9.17) is 4.52 Å². The molecule has 2 heterocycles. The second-order valence-corrected chi connectivity index (χ2v) is 5.63. The molecule has 1 fully saturated rings. The zero-order valence-electron chi connectivity index (χ0n) is 11.3. The highest BCUT2D eigenvalue weighted by atomic mass is 16.5. The zero-order valence-corrected chi connectivity index (χ0v) is 11.3. The lowest BCUT2D eigenvalue weighted by Crippen LogP contribution is -2.04. The highest BCUT2D eigenvalue weighted by molar-refractivity contribution is 5.14. The maximum absolute atomic E-state index is 10.00. The van der Waals surface area contributed by atoms with E-state index < -0.39 is 6.10 Å². The van der Waals surface area contributed by atoms with Gasteiger partial charge in [-0.15, -0.1) is 0 Å². The number of nitrogens with zero attached hydrogens (tertiary/aromatic N) is 3. The van der Waals surface area contributed by atoms with Crippen LogP contribution in [0.2, 0.25) is 0 Å². The van der Waals surface area contributed by atoms with E-state index >= 15 is 0 Å². The minimum absolute atomic E-state index is 0.209. The summed E-state index contributed by atoms with van der Waals surface area (Å²) in [4.78, 5) is 4.40. The molecule has 102 valence electrons. The molecule has 1 saturated carbocycles. The molecule has 0 aromatic carbocycles. The van der Waals surface area contributed by atoms with Gasteiger partial charge in [-0.25, -0.2) is 0 Å². The highest BCUT2D eigenvalue weighted by Gasteiger charge is 2.28. The van der Waals surface area contributed by atoms with Gasteiger partial charge < -0.3 is 14.2 Å². The molecule has 0 radical (unpaired) electrons. The van der Waals surface area contributed by atoms with Gasteiger partial charge in [0.25, 0.3) is 0 Å². The summed E-state index contributed by atoms with van der Waals surface area (Å²) in [6.45, 7) is 4.56. The summed E-state index contributed by atoms with van der Waals surface area (Å²) < 4.78 is 7.21. The Labute approximate surface area is 112 Å². The number of aliphatic hydroxyl groups excluding tert-OH is 1. The third-order valence-electron chi connectivity index (χ3n) is 3.49. The van der Waals surface area contributed by atoms with E-state index in [2.05, 4.69) is 10.1 Å². The van der Waals surface area contributed by atoms with Crippen LogP contribution in [0.15, 0.2) is 23.0 Å². The predicted octanol–water partition coefficient (Wildman–Crippen LogP) is 2.49. The number of aliphatic hydroxyl groups is 1. The molecule has 0 amide bonds. The Morgan fingerprint density at radius 3 is 2.95 bits per heavy atom. The lowest BCUT2D eigenvalue weighted by atomic mass is 10.0. The number of rotatable bonds is 5. The van der Waals surface area contributed by atoms with E-state index in [1.54, 1.807) is 0 Å². The van der Waals surface area contributed by atoms with Gasteiger partial charge in [-0.05, 0) is 30.4 Å². The molecule has 1 unspecified atom stereocenters. The third kappa shape index (κ3) is 2.71. The van der Waals surface area contributed by atoms with Gasteiger partial charge in [0.1, 0.15) is 6.54 Å². The third-order valence-corrected chi connectivity index (χ3v) is 3.49. The lowest BCUT2D eigenvalue weighted by molar-refractivity contribution is 0.127. The molecule has 0 saturated heterocycles. The Kier molecular flexibility index (Phi) is 3.14. The first kappa shape index (κ1) is 12.4. The fraction of sp³-hybridized carbons (Fsp3) is 0.571. The van der Waals surface area contributed by atoms with Crippen molar-refractivity contribution < 1.29 is 9.63 Å². The Morgan fingerprint density at radius 2 is 2.26 bits per heavy atom. The summed E-state index contributed by atoms with van der Waals surface area (Å²) in [5.41, 5.74) is 0.928. The van der Waals surface area contributed by atoms with Crippen molar-refractivity contribution in [1.82, 2.24) is 14.7 Å². The molecule has 1 aliphatic rings. The SMILES string of the molecule is CC(C)C(O)c1ccn(Cc2nc(C3CC3)no2)c1. The Hall–Kier alpha value is -1.62.